The van der Waals surface area contributed by atoms with E-state index >= 15 is 0 Å². The number of rotatable bonds is 5. The Labute approximate surface area is 170 Å². The highest BCUT2D eigenvalue weighted by atomic mass is 32.1. The quantitative estimate of drug-likeness (QED) is 0.534. The van der Waals surface area contributed by atoms with Gasteiger partial charge in [-0.3, -0.25) is 4.99 Å². The van der Waals surface area contributed by atoms with Crippen LogP contribution in [0.1, 0.15) is 11.4 Å². The zero-order valence-electron chi connectivity index (χ0n) is 16.2. The van der Waals surface area contributed by atoms with E-state index in [1.54, 1.807) is 11.3 Å². The van der Waals surface area contributed by atoms with E-state index in [2.05, 4.69) is 71.4 Å². The maximum absolute atomic E-state index is 4.53. The van der Waals surface area contributed by atoms with Crippen LogP contribution in [-0.4, -0.2) is 53.6 Å². The van der Waals surface area contributed by atoms with Crippen LogP contribution < -0.4 is 10.2 Å². The van der Waals surface area contributed by atoms with Crippen molar-refractivity contribution in [2.75, 3.05) is 38.1 Å². The third-order valence-electron chi connectivity index (χ3n) is 5.01. The summed E-state index contributed by atoms with van der Waals surface area (Å²) in [6.45, 7) is 5.47. The molecule has 0 amide bonds. The molecule has 1 aliphatic heterocycles. The molecule has 146 valence electrons. The van der Waals surface area contributed by atoms with Crippen LogP contribution in [0.15, 0.2) is 65.2 Å². The van der Waals surface area contributed by atoms with Crippen LogP contribution in [0, 0.1) is 0 Å². The standard InChI is InChI=1S/C21H26N6S/c1-22-21(26-13-11-25(12-14-26)20-8-5-15-28-20)24-16-19-23-9-10-27(19)17-18-6-3-2-4-7-18/h2-10,15H,11-14,16-17H2,1H3,(H,22,24). The summed E-state index contributed by atoms with van der Waals surface area (Å²) in [6, 6.07) is 14.8. The number of aliphatic imine (C=N–C) groups is 1. The second-order valence-electron chi connectivity index (χ2n) is 6.78. The zero-order chi connectivity index (χ0) is 19.2. The number of piperazine rings is 1. The Hall–Kier alpha value is -2.80. The summed E-state index contributed by atoms with van der Waals surface area (Å²) in [7, 11) is 1.85. The lowest BCUT2D eigenvalue weighted by Gasteiger charge is -2.37. The summed E-state index contributed by atoms with van der Waals surface area (Å²) < 4.78 is 2.18. The number of imidazole rings is 1. The van der Waals surface area contributed by atoms with Crippen molar-refractivity contribution in [1.29, 1.82) is 0 Å². The minimum absolute atomic E-state index is 0.664. The molecule has 1 N–H and O–H groups in total. The van der Waals surface area contributed by atoms with E-state index in [-0.39, 0.29) is 0 Å². The summed E-state index contributed by atoms with van der Waals surface area (Å²) in [5.41, 5.74) is 1.27. The van der Waals surface area contributed by atoms with E-state index in [1.807, 2.05) is 25.5 Å². The smallest absolute Gasteiger partial charge is 0.194 e. The number of thiophene rings is 1. The molecule has 28 heavy (non-hydrogen) atoms. The van der Waals surface area contributed by atoms with E-state index in [0.29, 0.717) is 6.54 Å². The van der Waals surface area contributed by atoms with Gasteiger partial charge in [-0.05, 0) is 23.1 Å². The predicted octanol–water partition coefficient (Wildman–Crippen LogP) is 2.89. The fourth-order valence-corrected chi connectivity index (χ4v) is 4.30. The van der Waals surface area contributed by atoms with Crippen molar-refractivity contribution >= 4 is 22.3 Å². The van der Waals surface area contributed by atoms with E-state index in [9.17, 15) is 0 Å². The fraction of sp³-hybridized carbons (Fsp3) is 0.333. The molecule has 1 aromatic carbocycles. The molecule has 3 aromatic rings. The minimum Gasteiger partial charge on any atom is -0.360 e. The maximum atomic E-state index is 4.53. The van der Waals surface area contributed by atoms with Crippen molar-refractivity contribution in [3.63, 3.8) is 0 Å². The summed E-state index contributed by atoms with van der Waals surface area (Å²) in [4.78, 5) is 13.8. The normalized spacial score (nSPS) is 15.1. The molecule has 7 heteroatoms. The summed E-state index contributed by atoms with van der Waals surface area (Å²) in [6.07, 6.45) is 3.90. The van der Waals surface area contributed by atoms with Crippen molar-refractivity contribution in [3.8, 4) is 0 Å². The SMILES string of the molecule is CN=C(NCc1nccn1Cc1ccccc1)N1CCN(c2cccs2)CC1. The summed E-state index contributed by atoms with van der Waals surface area (Å²) >= 11 is 1.81. The third kappa shape index (κ3) is 4.36. The monoisotopic (exact) mass is 394 g/mol. The molecule has 1 saturated heterocycles. The number of hydrogen-bond donors (Lipinski definition) is 1. The van der Waals surface area contributed by atoms with E-state index in [1.165, 1.54) is 10.6 Å². The van der Waals surface area contributed by atoms with Gasteiger partial charge in [0.2, 0.25) is 0 Å². The second-order valence-corrected chi connectivity index (χ2v) is 7.71. The fourth-order valence-electron chi connectivity index (χ4n) is 3.51. The van der Waals surface area contributed by atoms with E-state index < -0.39 is 0 Å². The first kappa shape index (κ1) is 18.6. The predicted molar refractivity (Wildman–Crippen MR) is 116 cm³/mol. The third-order valence-corrected chi connectivity index (χ3v) is 5.94. The van der Waals surface area contributed by atoms with Crippen LogP contribution in [0.4, 0.5) is 5.00 Å². The second kappa shape index (κ2) is 8.93. The molecule has 0 bridgehead atoms. The molecular weight excluding hydrogens is 368 g/mol. The molecule has 2 aromatic heterocycles. The Balaban J connectivity index is 1.32. The van der Waals surface area contributed by atoms with Gasteiger partial charge in [-0.25, -0.2) is 4.98 Å². The van der Waals surface area contributed by atoms with Crippen molar-refractivity contribution in [1.82, 2.24) is 19.8 Å². The Kier molecular flexibility index (Phi) is 5.92. The van der Waals surface area contributed by atoms with Gasteiger partial charge >= 0.3 is 0 Å². The van der Waals surface area contributed by atoms with Crippen LogP contribution in [0.5, 0.6) is 0 Å². The lowest BCUT2D eigenvalue weighted by molar-refractivity contribution is 0.372. The number of benzene rings is 1. The van der Waals surface area contributed by atoms with Crippen molar-refractivity contribution < 1.29 is 0 Å². The van der Waals surface area contributed by atoms with Gasteiger partial charge in [-0.1, -0.05) is 30.3 Å². The van der Waals surface area contributed by atoms with Crippen LogP contribution in [0.25, 0.3) is 0 Å². The number of guanidine groups is 1. The number of aromatic nitrogens is 2. The van der Waals surface area contributed by atoms with Gasteiger partial charge in [0.25, 0.3) is 0 Å². The average molecular weight is 395 g/mol. The van der Waals surface area contributed by atoms with Gasteiger partial charge in [-0.2, -0.15) is 0 Å². The van der Waals surface area contributed by atoms with Crippen molar-refractivity contribution in [3.05, 3.63) is 71.6 Å². The molecule has 4 rings (SSSR count). The molecule has 3 heterocycles. The Morgan fingerprint density at radius 1 is 1.11 bits per heavy atom. The average Bonchev–Trinajstić information content (AvgIpc) is 3.42. The lowest BCUT2D eigenvalue weighted by Crippen LogP contribution is -2.52. The first-order valence-electron chi connectivity index (χ1n) is 9.61. The molecule has 1 fully saturated rings. The molecule has 0 unspecified atom stereocenters. The van der Waals surface area contributed by atoms with E-state index in [0.717, 1.165) is 44.5 Å². The van der Waals surface area contributed by atoms with Crippen LogP contribution in [-0.2, 0) is 13.1 Å². The number of anilines is 1. The van der Waals surface area contributed by atoms with Crippen molar-refractivity contribution in [2.45, 2.75) is 13.1 Å². The van der Waals surface area contributed by atoms with Crippen LogP contribution in [0.3, 0.4) is 0 Å². The van der Waals surface area contributed by atoms with Gasteiger partial charge in [0.1, 0.15) is 5.82 Å². The van der Waals surface area contributed by atoms with Crippen molar-refractivity contribution in [2.24, 2.45) is 4.99 Å². The molecule has 1 aliphatic rings. The minimum atomic E-state index is 0.664. The highest BCUT2D eigenvalue weighted by Crippen LogP contribution is 2.22. The zero-order valence-corrected chi connectivity index (χ0v) is 17.0. The molecule has 0 atom stereocenters. The van der Waals surface area contributed by atoms with Crippen LogP contribution >= 0.6 is 11.3 Å². The molecule has 0 spiro atoms. The van der Waals surface area contributed by atoms with Gasteiger partial charge in [0.15, 0.2) is 5.96 Å². The number of nitrogens with one attached hydrogen (secondary N) is 1. The highest BCUT2D eigenvalue weighted by Gasteiger charge is 2.20. The molecule has 6 nitrogen and oxygen atoms in total. The lowest BCUT2D eigenvalue weighted by atomic mass is 10.2. The number of nitrogens with zero attached hydrogens (tertiary/aromatic N) is 5. The molecule has 0 aliphatic carbocycles. The maximum Gasteiger partial charge on any atom is 0.194 e. The summed E-state index contributed by atoms with van der Waals surface area (Å²) in [5.74, 6) is 1.96. The molecule has 0 saturated carbocycles. The largest absolute Gasteiger partial charge is 0.360 e. The Morgan fingerprint density at radius 3 is 2.64 bits per heavy atom. The van der Waals surface area contributed by atoms with Crippen LogP contribution in [0.2, 0.25) is 0 Å². The molecular formula is C21H26N6S. The van der Waals surface area contributed by atoms with Gasteiger partial charge in [0.05, 0.1) is 11.5 Å². The van der Waals surface area contributed by atoms with Gasteiger partial charge < -0.3 is 19.7 Å². The topological polar surface area (TPSA) is 48.7 Å². The first-order valence-corrected chi connectivity index (χ1v) is 10.5. The summed E-state index contributed by atoms with van der Waals surface area (Å²) in [5, 5.41) is 6.98. The number of hydrogen-bond acceptors (Lipinski definition) is 4. The Bertz CT molecular complexity index is 879. The highest BCUT2D eigenvalue weighted by molar-refractivity contribution is 7.14. The Morgan fingerprint density at radius 2 is 1.93 bits per heavy atom. The van der Waals surface area contributed by atoms with Gasteiger partial charge in [0, 0.05) is 52.2 Å². The van der Waals surface area contributed by atoms with Gasteiger partial charge in [-0.15, -0.1) is 11.3 Å². The first-order chi connectivity index (χ1) is 13.8. The van der Waals surface area contributed by atoms with E-state index in [4.69, 9.17) is 0 Å². The molecule has 0 radical (unpaired) electrons.